The van der Waals surface area contributed by atoms with Crippen LogP contribution in [0.4, 0.5) is 21.5 Å². The number of sulfonamides is 1. The lowest BCUT2D eigenvalue weighted by atomic mass is 10.00. The quantitative estimate of drug-likeness (QED) is 0.304. The fraction of sp³-hybridized carbons (Fsp3) is 0.316. The molecule has 0 saturated carbocycles. The van der Waals surface area contributed by atoms with Crippen LogP contribution in [0.2, 0.25) is 0 Å². The van der Waals surface area contributed by atoms with Crippen molar-refractivity contribution in [2.45, 2.75) is 31.9 Å². The van der Waals surface area contributed by atoms with Crippen molar-refractivity contribution in [2.24, 2.45) is 0 Å². The zero-order chi connectivity index (χ0) is 21.9. The number of hydrogen-bond acceptors (Lipinski definition) is 5. The molecule has 1 N–H and O–H groups in total. The average molecular weight is 548 g/mol. The van der Waals surface area contributed by atoms with E-state index in [0.29, 0.717) is 33.8 Å². The summed E-state index contributed by atoms with van der Waals surface area (Å²) in [6.07, 6.45) is 1.27. The van der Waals surface area contributed by atoms with Crippen LogP contribution in [0.3, 0.4) is 0 Å². The minimum Gasteiger partial charge on any atom is -0.748 e. The molecule has 0 aliphatic carbocycles. The number of nitrogens with one attached hydrogen (secondary N) is 1. The number of halogens is 2. The molecule has 1 aliphatic rings. The molecule has 8 nitrogen and oxygen atoms in total. The lowest BCUT2D eigenvalue weighted by Gasteiger charge is -2.30. The first-order valence-electron chi connectivity index (χ1n) is 9.21. The normalized spacial score (nSPS) is 13.8. The van der Waals surface area contributed by atoms with Gasteiger partial charge in [0.1, 0.15) is 5.82 Å². The molecule has 0 spiro atoms. The van der Waals surface area contributed by atoms with Gasteiger partial charge in [0.05, 0.1) is 17.1 Å². The molecule has 0 radical (unpaired) electrons. The molecular weight excluding hydrogens is 528 g/mol. The van der Waals surface area contributed by atoms with Gasteiger partial charge in [-0.3, -0.25) is 9.52 Å². The maximum atomic E-state index is 14.7. The van der Waals surface area contributed by atoms with Crippen LogP contribution in [0, 0.1) is 11.0 Å². The molecule has 30 heavy (non-hydrogen) atoms. The second-order valence-electron chi connectivity index (χ2n) is 6.85. The van der Waals surface area contributed by atoms with Crippen LogP contribution in [-0.2, 0) is 30.1 Å². The van der Waals surface area contributed by atoms with Crippen molar-refractivity contribution in [3.05, 3.63) is 58.5 Å². The lowest BCUT2D eigenvalue weighted by molar-refractivity contribution is -0.118. The number of hydrogen-bond donors (Lipinski definition) is 1. The SMILES string of the molecule is CCCN1C(=O)CCc2cc(NS(=O)(=O)Cc3ccc(N([O-])I=O)cc3)cc(F)c21. The fourth-order valence-corrected chi connectivity index (χ4v) is 5.08. The van der Waals surface area contributed by atoms with Gasteiger partial charge >= 0.3 is 0 Å². The summed E-state index contributed by atoms with van der Waals surface area (Å²) in [6, 6.07) is 8.34. The van der Waals surface area contributed by atoms with E-state index in [1.807, 2.05) is 6.92 Å². The predicted octanol–water partition coefficient (Wildman–Crippen LogP) is 3.99. The van der Waals surface area contributed by atoms with Gasteiger partial charge in [0.2, 0.25) is 15.9 Å². The first kappa shape index (κ1) is 22.6. The van der Waals surface area contributed by atoms with Crippen molar-refractivity contribution in [3.63, 3.8) is 0 Å². The second-order valence-corrected chi connectivity index (χ2v) is 9.85. The topological polar surface area (TPSA) is 110 Å². The summed E-state index contributed by atoms with van der Waals surface area (Å²) in [4.78, 5) is 13.5. The monoisotopic (exact) mass is 548 g/mol. The van der Waals surface area contributed by atoms with E-state index in [9.17, 15) is 25.9 Å². The molecule has 3 rings (SSSR count). The number of amides is 1. The molecule has 0 atom stereocenters. The maximum absolute atomic E-state index is 14.7. The number of nitrogens with zero attached hydrogens (tertiary/aromatic N) is 2. The summed E-state index contributed by atoms with van der Waals surface area (Å²) >= 11 is -1.89. The minimum atomic E-state index is -3.85. The van der Waals surface area contributed by atoms with E-state index in [0.717, 1.165) is 6.07 Å². The van der Waals surface area contributed by atoms with Crippen molar-refractivity contribution in [1.82, 2.24) is 0 Å². The Balaban J connectivity index is 1.79. The summed E-state index contributed by atoms with van der Waals surface area (Å²) in [7, 11) is -3.85. The Morgan fingerprint density at radius 2 is 1.93 bits per heavy atom. The highest BCUT2D eigenvalue weighted by Gasteiger charge is 2.27. The van der Waals surface area contributed by atoms with Gasteiger partial charge in [-0.1, -0.05) is 19.1 Å². The summed E-state index contributed by atoms with van der Waals surface area (Å²) in [6.45, 7) is 2.30. The molecule has 0 bridgehead atoms. The third kappa shape index (κ3) is 5.13. The van der Waals surface area contributed by atoms with Crippen LogP contribution in [0.15, 0.2) is 36.4 Å². The van der Waals surface area contributed by atoms with E-state index in [4.69, 9.17) is 0 Å². The molecular formula is C19H20FIN3O5S-. The zero-order valence-electron chi connectivity index (χ0n) is 16.1. The van der Waals surface area contributed by atoms with Gasteiger partial charge in [0.15, 0.2) is 0 Å². The Morgan fingerprint density at radius 1 is 1.23 bits per heavy atom. The Labute approximate surface area is 184 Å². The van der Waals surface area contributed by atoms with Crippen LogP contribution >= 0.6 is 21.5 Å². The van der Waals surface area contributed by atoms with Gasteiger partial charge in [0, 0.05) is 24.7 Å². The molecule has 1 aliphatic heterocycles. The Kier molecular flexibility index (Phi) is 7.03. The second kappa shape index (κ2) is 9.35. The highest BCUT2D eigenvalue weighted by molar-refractivity contribution is 14.1. The van der Waals surface area contributed by atoms with Crippen LogP contribution in [-0.4, -0.2) is 20.9 Å². The first-order valence-corrected chi connectivity index (χ1v) is 12.7. The molecule has 162 valence electrons. The number of carbonyl (C=O) groups excluding carboxylic acids is 1. The van der Waals surface area contributed by atoms with E-state index in [-0.39, 0.29) is 35.1 Å². The van der Waals surface area contributed by atoms with Crippen LogP contribution in [0.5, 0.6) is 0 Å². The number of rotatable bonds is 8. The lowest BCUT2D eigenvalue weighted by Crippen LogP contribution is -2.36. The minimum absolute atomic E-state index is 0.0931. The molecule has 2 aromatic rings. The van der Waals surface area contributed by atoms with Crippen molar-refractivity contribution < 1.29 is 20.7 Å². The molecule has 0 aromatic heterocycles. The highest BCUT2D eigenvalue weighted by Crippen LogP contribution is 2.34. The maximum Gasteiger partial charge on any atom is 0.262 e. The van der Waals surface area contributed by atoms with Gasteiger partial charge in [-0.2, -0.15) is 0 Å². The molecule has 2 aromatic carbocycles. The van der Waals surface area contributed by atoms with Crippen molar-refractivity contribution >= 4 is 54.5 Å². The Hall–Kier alpha value is -2.12. The average Bonchev–Trinajstić information content (AvgIpc) is 2.69. The standard InChI is InChI=1S/C19H20FIN3O5S/c1-2-9-23-18(25)8-5-14-10-15(11-17(20)19(14)23)22-30(28,29)12-13-3-6-16(7-4-13)24(27)21-26/h3-4,6-7,10-11,22H,2,5,8-9,12H2,1H3/q-1. The van der Waals surface area contributed by atoms with E-state index < -0.39 is 37.3 Å². The number of benzene rings is 2. The smallest absolute Gasteiger partial charge is 0.262 e. The van der Waals surface area contributed by atoms with E-state index in [1.165, 1.54) is 29.2 Å². The third-order valence-corrected chi connectivity index (χ3v) is 6.78. The van der Waals surface area contributed by atoms with Crippen LogP contribution in [0.25, 0.3) is 0 Å². The number of aryl methyl sites for hydroxylation is 1. The first-order chi connectivity index (χ1) is 14.2. The van der Waals surface area contributed by atoms with Gasteiger partial charge in [-0.15, -0.1) is 0 Å². The van der Waals surface area contributed by atoms with E-state index in [2.05, 4.69) is 4.72 Å². The van der Waals surface area contributed by atoms with Crippen molar-refractivity contribution in [1.29, 1.82) is 0 Å². The fourth-order valence-electron chi connectivity index (χ4n) is 3.35. The highest BCUT2D eigenvalue weighted by atomic mass is 127. The van der Waals surface area contributed by atoms with Crippen molar-refractivity contribution in [2.75, 3.05) is 19.4 Å². The molecule has 0 fully saturated rings. The predicted molar refractivity (Wildman–Crippen MR) is 121 cm³/mol. The zero-order valence-corrected chi connectivity index (χ0v) is 19.1. The summed E-state index contributed by atoms with van der Waals surface area (Å²) in [5.74, 6) is -1.17. The number of anilines is 3. The Morgan fingerprint density at radius 3 is 2.57 bits per heavy atom. The number of fused-ring (bicyclic) bond motifs is 1. The van der Waals surface area contributed by atoms with Crippen molar-refractivity contribution in [3.8, 4) is 0 Å². The Bertz CT molecular complexity index is 1060. The summed E-state index contributed by atoms with van der Waals surface area (Å²) < 4.78 is 53.3. The third-order valence-electron chi connectivity index (χ3n) is 4.60. The van der Waals surface area contributed by atoms with E-state index in [1.54, 1.807) is 6.07 Å². The number of carbonyl (C=O) groups is 1. The molecule has 1 heterocycles. The van der Waals surface area contributed by atoms with Gasteiger partial charge in [0.25, 0.3) is 21.5 Å². The van der Waals surface area contributed by atoms with Crippen LogP contribution < -0.4 is 12.9 Å². The van der Waals surface area contributed by atoms with Gasteiger partial charge < -0.3 is 13.4 Å². The summed E-state index contributed by atoms with van der Waals surface area (Å²) in [5.41, 5.74) is 1.50. The van der Waals surface area contributed by atoms with Gasteiger partial charge in [-0.25, -0.2) is 15.9 Å². The van der Waals surface area contributed by atoms with Crippen LogP contribution in [0.1, 0.15) is 30.9 Å². The molecule has 11 heteroatoms. The van der Waals surface area contributed by atoms with E-state index >= 15 is 0 Å². The summed E-state index contributed by atoms with van der Waals surface area (Å²) in [5, 5.41) is 11.3. The largest absolute Gasteiger partial charge is 0.748 e. The molecule has 1 amide bonds. The molecule has 0 saturated heterocycles. The van der Waals surface area contributed by atoms with Gasteiger partial charge in [-0.05, 0) is 42.2 Å². The molecule has 0 unspecified atom stereocenters.